The van der Waals surface area contributed by atoms with Gasteiger partial charge in [-0.2, -0.15) is 0 Å². The van der Waals surface area contributed by atoms with E-state index < -0.39 is 67.3 Å². The molecule has 0 radical (unpaired) electrons. The predicted molar refractivity (Wildman–Crippen MR) is 330 cm³/mol. The Bertz CT molecular complexity index is 2060. The van der Waals surface area contributed by atoms with Gasteiger partial charge in [-0.3, -0.25) is 14.4 Å². The van der Waals surface area contributed by atoms with Crippen molar-refractivity contribution in [2.24, 2.45) is 0 Å². The number of aliphatic carboxylic acids is 1. The van der Waals surface area contributed by atoms with Crippen molar-refractivity contribution in [3.8, 4) is 0 Å². The second-order valence-corrected chi connectivity index (χ2v) is 19.5. The molecule has 0 amide bonds. The van der Waals surface area contributed by atoms with E-state index in [0.29, 0.717) is 25.7 Å². The number of unbranched alkanes of at least 4 members (excludes halogenated alkanes) is 6. The molecule has 0 spiro atoms. The quantitative estimate of drug-likeness (QED) is 0.0228. The number of carbonyl (C=O) groups excluding carboxylic acids is 3. The number of carboxylic acids is 1. The molecule has 0 saturated carbocycles. The fourth-order valence-electron chi connectivity index (χ4n) is 7.78. The second kappa shape index (κ2) is 54.7. The fraction of sp³-hybridized carbons (Fsp3) is 0.536. The number of rotatable bonds is 48. The number of aliphatic hydroxyl groups excluding tert-OH is 2. The van der Waals surface area contributed by atoms with E-state index in [0.717, 1.165) is 122 Å². The maximum atomic E-state index is 13.2. The van der Waals surface area contributed by atoms with Crippen LogP contribution in [0.25, 0.3) is 0 Å². The van der Waals surface area contributed by atoms with Gasteiger partial charge in [-0.1, -0.05) is 204 Å². The first-order valence-electron chi connectivity index (χ1n) is 30.1. The Labute approximate surface area is 487 Å². The first-order valence-corrected chi connectivity index (χ1v) is 30.1. The van der Waals surface area contributed by atoms with Gasteiger partial charge in [-0.25, -0.2) is 4.79 Å². The minimum Gasteiger partial charge on any atom is -0.479 e. The number of carbonyl (C=O) groups is 4. The lowest BCUT2D eigenvalue weighted by atomic mass is 9.98. The molecule has 12 heteroatoms. The normalized spacial score (nSPS) is 19.0. The summed E-state index contributed by atoms with van der Waals surface area (Å²) >= 11 is 0. The van der Waals surface area contributed by atoms with E-state index >= 15 is 0 Å². The predicted octanol–water partition coefficient (Wildman–Crippen LogP) is 15.9. The Balaban J connectivity index is 2.79. The molecule has 1 fully saturated rings. The molecule has 0 aliphatic carbocycles. The van der Waals surface area contributed by atoms with Crippen LogP contribution in [0.2, 0.25) is 0 Å². The van der Waals surface area contributed by atoms with Gasteiger partial charge in [-0.15, -0.1) is 0 Å². The van der Waals surface area contributed by atoms with Gasteiger partial charge in [0.05, 0.1) is 6.61 Å². The summed E-state index contributed by atoms with van der Waals surface area (Å²) in [7, 11) is 0. The van der Waals surface area contributed by atoms with Gasteiger partial charge in [0.15, 0.2) is 24.6 Å². The highest BCUT2D eigenvalue weighted by atomic mass is 16.7. The lowest BCUT2D eigenvalue weighted by Gasteiger charge is -2.40. The molecule has 1 saturated heterocycles. The molecule has 1 aliphatic heterocycles. The Morgan fingerprint density at radius 1 is 0.407 bits per heavy atom. The first-order chi connectivity index (χ1) is 39.6. The molecular weight excluding hydrogens is 1020 g/mol. The SMILES string of the molecule is CC/C=C\C/C=C\C/C=C\C/C=C\C/C=C\C/C=C\CCC(=O)OCC(COC1OC(C(=O)O)C(O)C(O)C1OC(=O)CCCCC/C=C\C/C=C\C/C=C\CC)OC(=O)CCCCC/C=C\C/C=C\C/C=C\C/C=C\C/C=C\CC. The van der Waals surface area contributed by atoms with E-state index in [1.54, 1.807) is 0 Å². The molecule has 0 aromatic carbocycles. The summed E-state index contributed by atoms with van der Waals surface area (Å²) in [6.07, 6.45) is 69.1. The van der Waals surface area contributed by atoms with E-state index in [4.69, 9.17) is 23.7 Å². The van der Waals surface area contributed by atoms with Crippen molar-refractivity contribution in [3.63, 3.8) is 0 Å². The van der Waals surface area contributed by atoms with E-state index in [1.165, 1.54) is 0 Å². The molecular formula is C69H102O12. The molecule has 1 aliphatic rings. The number of esters is 3. The minimum atomic E-state index is -1.94. The lowest BCUT2D eigenvalue weighted by Crippen LogP contribution is -2.61. The molecule has 6 unspecified atom stereocenters. The highest BCUT2D eigenvalue weighted by Gasteiger charge is 2.50. The summed E-state index contributed by atoms with van der Waals surface area (Å²) in [4.78, 5) is 51.2. The zero-order valence-electron chi connectivity index (χ0n) is 49.4. The number of allylic oxidation sites excluding steroid dienone is 28. The van der Waals surface area contributed by atoms with Crippen molar-refractivity contribution < 1.29 is 58.2 Å². The smallest absolute Gasteiger partial charge is 0.335 e. The van der Waals surface area contributed by atoms with E-state index in [2.05, 4.69) is 179 Å². The summed E-state index contributed by atoms with van der Waals surface area (Å²) in [5.74, 6) is -3.35. The highest BCUT2D eigenvalue weighted by Crippen LogP contribution is 2.26. The van der Waals surface area contributed by atoms with Crippen LogP contribution in [0.3, 0.4) is 0 Å². The van der Waals surface area contributed by atoms with Gasteiger partial charge in [0.25, 0.3) is 0 Å². The number of carboxylic acid groups (broad SMARTS) is 1. The monoisotopic (exact) mass is 1120 g/mol. The molecule has 0 aromatic heterocycles. The maximum Gasteiger partial charge on any atom is 0.335 e. The summed E-state index contributed by atoms with van der Waals surface area (Å²) in [6.45, 7) is 5.52. The van der Waals surface area contributed by atoms with Crippen molar-refractivity contribution in [1.82, 2.24) is 0 Å². The number of ether oxygens (including phenoxy) is 5. The average molecular weight is 1120 g/mol. The van der Waals surface area contributed by atoms with Crippen LogP contribution in [0.15, 0.2) is 170 Å². The largest absolute Gasteiger partial charge is 0.479 e. The van der Waals surface area contributed by atoms with Crippen molar-refractivity contribution in [3.05, 3.63) is 170 Å². The van der Waals surface area contributed by atoms with Crippen LogP contribution in [0.1, 0.15) is 188 Å². The van der Waals surface area contributed by atoms with Crippen LogP contribution in [0.5, 0.6) is 0 Å². The number of aliphatic hydroxyl groups is 2. The fourth-order valence-corrected chi connectivity index (χ4v) is 7.78. The lowest BCUT2D eigenvalue weighted by molar-refractivity contribution is -0.301. The summed E-state index contributed by atoms with van der Waals surface area (Å²) in [5.41, 5.74) is 0. The molecule has 6 atom stereocenters. The summed E-state index contributed by atoms with van der Waals surface area (Å²) in [5, 5.41) is 31.5. The van der Waals surface area contributed by atoms with Crippen LogP contribution >= 0.6 is 0 Å². The zero-order chi connectivity index (χ0) is 58.9. The third-order valence-electron chi connectivity index (χ3n) is 12.3. The standard InChI is InChI=1S/C69H102O12/c1-4-7-10-13-16-19-22-25-27-29-31-33-35-38-40-43-46-49-52-55-61(70)77-58-60(79-62(71)56-53-50-47-44-42-39-36-34-32-30-28-26-23-20-17-14-11-8-5-2)59-78-69-67(65(74)64(73)66(81-69)68(75)76)80-63(72)57-54-51-48-45-41-37-24-21-18-15-12-9-6-3/h7-12,16-21,25-28,31-34,37-42,46,49,60,64-67,69,73-74H,4-6,13-15,22-24,29-30,35-36,43-45,47-48,50-59H2,1-3H3,(H,75,76)/b10-7-,11-8-,12-9-,19-16-,20-17-,21-18-,27-25-,28-26-,33-31-,34-32-,40-38-,41-37-,42-39-,49-46-. The molecule has 1 rings (SSSR count). The van der Waals surface area contributed by atoms with Crippen molar-refractivity contribution in [1.29, 1.82) is 0 Å². The second-order valence-electron chi connectivity index (χ2n) is 19.5. The summed E-state index contributed by atoms with van der Waals surface area (Å²) < 4.78 is 28.3. The first kappa shape index (κ1) is 73.1. The van der Waals surface area contributed by atoms with Gasteiger partial charge in [-0.05, 0) is 135 Å². The molecule has 81 heavy (non-hydrogen) atoms. The average Bonchev–Trinajstić information content (AvgIpc) is 3.46. The van der Waals surface area contributed by atoms with Crippen LogP contribution in [-0.2, 0) is 42.9 Å². The summed E-state index contributed by atoms with van der Waals surface area (Å²) in [6, 6.07) is 0. The number of hydrogen-bond acceptors (Lipinski definition) is 11. The Morgan fingerprint density at radius 3 is 1.15 bits per heavy atom. The van der Waals surface area contributed by atoms with E-state index in [-0.39, 0.29) is 25.9 Å². The van der Waals surface area contributed by atoms with Crippen LogP contribution in [0.4, 0.5) is 0 Å². The van der Waals surface area contributed by atoms with Crippen LogP contribution in [-0.4, -0.2) is 89.2 Å². The maximum absolute atomic E-state index is 13.2. The number of hydrogen-bond donors (Lipinski definition) is 3. The van der Waals surface area contributed by atoms with Gasteiger partial charge in [0.1, 0.15) is 18.8 Å². The van der Waals surface area contributed by atoms with Crippen LogP contribution in [0, 0.1) is 0 Å². The van der Waals surface area contributed by atoms with Gasteiger partial charge < -0.3 is 39.0 Å². The molecule has 0 bridgehead atoms. The Kier molecular flexibility index (Phi) is 49.3. The zero-order valence-corrected chi connectivity index (χ0v) is 49.4. The topological polar surface area (TPSA) is 175 Å². The Hall–Kier alpha value is -5.92. The van der Waals surface area contributed by atoms with Gasteiger partial charge >= 0.3 is 23.9 Å². The van der Waals surface area contributed by atoms with Crippen molar-refractivity contribution >= 4 is 23.9 Å². The van der Waals surface area contributed by atoms with Gasteiger partial charge in [0, 0.05) is 19.3 Å². The third-order valence-corrected chi connectivity index (χ3v) is 12.3. The Morgan fingerprint density at radius 2 is 0.765 bits per heavy atom. The highest BCUT2D eigenvalue weighted by molar-refractivity contribution is 5.74. The third kappa shape index (κ3) is 44.4. The molecule has 450 valence electrons. The van der Waals surface area contributed by atoms with E-state index in [9.17, 15) is 34.5 Å². The molecule has 1 heterocycles. The van der Waals surface area contributed by atoms with Crippen molar-refractivity contribution in [2.45, 2.75) is 225 Å². The van der Waals surface area contributed by atoms with Crippen molar-refractivity contribution in [2.75, 3.05) is 13.2 Å². The van der Waals surface area contributed by atoms with E-state index in [1.807, 2.05) is 12.2 Å². The van der Waals surface area contributed by atoms with Crippen LogP contribution < -0.4 is 0 Å². The minimum absolute atomic E-state index is 0.00318. The molecule has 0 aromatic rings. The molecule has 12 nitrogen and oxygen atoms in total. The molecule has 3 N–H and O–H groups in total. The van der Waals surface area contributed by atoms with Gasteiger partial charge in [0.2, 0.25) is 0 Å².